The van der Waals surface area contributed by atoms with Crippen molar-refractivity contribution in [1.29, 1.82) is 0 Å². The number of carbonyl (C=O) groups is 1. The van der Waals surface area contributed by atoms with Crippen molar-refractivity contribution < 1.29 is 9.53 Å². The van der Waals surface area contributed by atoms with Crippen molar-refractivity contribution in [1.82, 2.24) is 0 Å². The third-order valence-corrected chi connectivity index (χ3v) is 2.74. The highest BCUT2D eigenvalue weighted by Gasteiger charge is 2.13. The molecule has 0 amide bonds. The molecule has 0 unspecified atom stereocenters. The van der Waals surface area contributed by atoms with E-state index in [1.165, 1.54) is 0 Å². The monoisotopic (exact) mass is 236 g/mol. The standard InChI is InChI=1S/C15H24O2/c1-6-9-10-14(12(4)5)15(16)17-11-13(7-2)8-3/h6,9-10,13H,4,7-8,11H2,1-3,5H3/b9-6-,14-10+. The van der Waals surface area contributed by atoms with Gasteiger partial charge in [-0.05, 0) is 31.4 Å². The molecular formula is C15H24O2. The zero-order valence-electron chi connectivity index (χ0n) is 11.5. The van der Waals surface area contributed by atoms with Crippen LogP contribution in [0.1, 0.15) is 40.5 Å². The van der Waals surface area contributed by atoms with Gasteiger partial charge in [-0.2, -0.15) is 0 Å². The fraction of sp³-hybridized carbons (Fsp3) is 0.533. The Labute approximate surface area is 105 Å². The molecule has 0 spiro atoms. The molecule has 0 saturated heterocycles. The van der Waals surface area contributed by atoms with Crippen LogP contribution in [0.2, 0.25) is 0 Å². The van der Waals surface area contributed by atoms with Crippen molar-refractivity contribution in [3.8, 4) is 0 Å². The van der Waals surface area contributed by atoms with E-state index in [9.17, 15) is 4.79 Å². The molecule has 0 bridgehead atoms. The average molecular weight is 236 g/mol. The topological polar surface area (TPSA) is 26.3 Å². The van der Waals surface area contributed by atoms with E-state index < -0.39 is 0 Å². The molecule has 0 N–H and O–H groups in total. The van der Waals surface area contributed by atoms with Crippen molar-refractivity contribution in [2.24, 2.45) is 5.92 Å². The Morgan fingerprint density at radius 2 is 1.94 bits per heavy atom. The lowest BCUT2D eigenvalue weighted by Crippen LogP contribution is -2.15. The molecule has 0 saturated carbocycles. The molecule has 0 aliphatic carbocycles. The van der Waals surface area contributed by atoms with E-state index in [2.05, 4.69) is 20.4 Å². The van der Waals surface area contributed by atoms with E-state index in [1.54, 1.807) is 6.08 Å². The quantitative estimate of drug-likeness (QED) is 0.379. The Morgan fingerprint density at radius 1 is 1.35 bits per heavy atom. The fourth-order valence-electron chi connectivity index (χ4n) is 1.37. The molecular weight excluding hydrogens is 212 g/mol. The molecule has 2 nitrogen and oxygen atoms in total. The van der Waals surface area contributed by atoms with Crippen LogP contribution in [0.4, 0.5) is 0 Å². The van der Waals surface area contributed by atoms with Crippen LogP contribution in [0.15, 0.2) is 36.0 Å². The molecule has 0 heterocycles. The van der Waals surface area contributed by atoms with Crippen LogP contribution in [-0.4, -0.2) is 12.6 Å². The molecule has 0 aliphatic heterocycles. The predicted molar refractivity (Wildman–Crippen MR) is 72.7 cm³/mol. The van der Waals surface area contributed by atoms with Gasteiger partial charge in [0.2, 0.25) is 0 Å². The predicted octanol–water partition coefficient (Wildman–Crippen LogP) is 4.04. The maximum Gasteiger partial charge on any atom is 0.338 e. The average Bonchev–Trinajstić information content (AvgIpc) is 2.30. The normalized spacial score (nSPS) is 12.2. The summed E-state index contributed by atoms with van der Waals surface area (Å²) in [6.45, 7) is 12.2. The number of hydrogen-bond donors (Lipinski definition) is 0. The SMILES string of the molecule is C=C(C)/C(=C\C=C/C)C(=O)OCC(CC)CC. The number of allylic oxidation sites excluding steroid dienone is 3. The largest absolute Gasteiger partial charge is 0.462 e. The van der Waals surface area contributed by atoms with Gasteiger partial charge in [-0.25, -0.2) is 4.79 Å². The van der Waals surface area contributed by atoms with Crippen LogP contribution in [0.5, 0.6) is 0 Å². The van der Waals surface area contributed by atoms with Crippen LogP contribution < -0.4 is 0 Å². The summed E-state index contributed by atoms with van der Waals surface area (Å²) in [5.74, 6) is 0.175. The van der Waals surface area contributed by atoms with Crippen LogP contribution in [0.3, 0.4) is 0 Å². The van der Waals surface area contributed by atoms with E-state index in [4.69, 9.17) is 4.74 Å². The smallest absolute Gasteiger partial charge is 0.338 e. The molecule has 0 aromatic heterocycles. The van der Waals surface area contributed by atoms with Gasteiger partial charge in [0.1, 0.15) is 0 Å². The molecule has 0 aromatic carbocycles. The Balaban J connectivity index is 4.49. The fourth-order valence-corrected chi connectivity index (χ4v) is 1.37. The zero-order valence-corrected chi connectivity index (χ0v) is 11.5. The second-order valence-corrected chi connectivity index (χ2v) is 4.17. The van der Waals surface area contributed by atoms with Gasteiger partial charge >= 0.3 is 5.97 Å². The Morgan fingerprint density at radius 3 is 2.35 bits per heavy atom. The zero-order chi connectivity index (χ0) is 13.3. The van der Waals surface area contributed by atoms with Crippen molar-refractivity contribution in [3.05, 3.63) is 36.0 Å². The lowest BCUT2D eigenvalue weighted by Gasteiger charge is -2.13. The highest BCUT2D eigenvalue weighted by Crippen LogP contribution is 2.13. The Hall–Kier alpha value is -1.31. The van der Waals surface area contributed by atoms with Crippen LogP contribution >= 0.6 is 0 Å². The molecule has 0 rings (SSSR count). The van der Waals surface area contributed by atoms with E-state index in [0.717, 1.165) is 18.4 Å². The van der Waals surface area contributed by atoms with Crippen molar-refractivity contribution in [3.63, 3.8) is 0 Å². The number of rotatable bonds is 7. The molecule has 2 heteroatoms. The minimum absolute atomic E-state index is 0.275. The summed E-state index contributed by atoms with van der Waals surface area (Å²) < 4.78 is 5.30. The van der Waals surface area contributed by atoms with Crippen LogP contribution in [-0.2, 0) is 9.53 Å². The van der Waals surface area contributed by atoms with E-state index in [0.29, 0.717) is 18.1 Å². The van der Waals surface area contributed by atoms with Gasteiger partial charge in [0.25, 0.3) is 0 Å². The maximum absolute atomic E-state index is 11.8. The van der Waals surface area contributed by atoms with Crippen LogP contribution in [0, 0.1) is 5.92 Å². The van der Waals surface area contributed by atoms with Crippen molar-refractivity contribution in [2.45, 2.75) is 40.5 Å². The molecule has 0 radical (unpaired) electrons. The van der Waals surface area contributed by atoms with Gasteiger partial charge in [0, 0.05) is 0 Å². The van der Waals surface area contributed by atoms with Gasteiger partial charge in [-0.1, -0.05) is 45.4 Å². The molecule has 0 fully saturated rings. The summed E-state index contributed by atoms with van der Waals surface area (Å²) in [5, 5.41) is 0. The van der Waals surface area contributed by atoms with Crippen molar-refractivity contribution in [2.75, 3.05) is 6.61 Å². The second kappa shape index (κ2) is 8.80. The van der Waals surface area contributed by atoms with Gasteiger partial charge in [-0.3, -0.25) is 0 Å². The molecule has 96 valence electrons. The van der Waals surface area contributed by atoms with Crippen LogP contribution in [0.25, 0.3) is 0 Å². The Bertz CT molecular complexity index is 307. The van der Waals surface area contributed by atoms with Gasteiger partial charge < -0.3 is 4.74 Å². The Kier molecular flexibility index (Phi) is 8.12. The first-order valence-corrected chi connectivity index (χ1v) is 6.22. The third kappa shape index (κ3) is 6.10. The first-order chi connectivity index (χ1) is 8.06. The minimum atomic E-state index is -0.275. The van der Waals surface area contributed by atoms with Gasteiger partial charge in [0.15, 0.2) is 0 Å². The summed E-state index contributed by atoms with van der Waals surface area (Å²) in [7, 11) is 0. The second-order valence-electron chi connectivity index (χ2n) is 4.17. The summed E-state index contributed by atoms with van der Waals surface area (Å²) in [6, 6.07) is 0. The first-order valence-electron chi connectivity index (χ1n) is 6.22. The lowest BCUT2D eigenvalue weighted by atomic mass is 10.1. The van der Waals surface area contributed by atoms with Gasteiger partial charge in [0.05, 0.1) is 12.2 Å². The van der Waals surface area contributed by atoms with E-state index in [-0.39, 0.29) is 5.97 Å². The summed E-state index contributed by atoms with van der Waals surface area (Å²) in [5.41, 5.74) is 1.28. The highest BCUT2D eigenvalue weighted by molar-refractivity contribution is 5.93. The molecule has 0 atom stereocenters. The van der Waals surface area contributed by atoms with E-state index in [1.807, 2.05) is 26.0 Å². The van der Waals surface area contributed by atoms with E-state index >= 15 is 0 Å². The molecule has 0 aromatic rings. The summed E-state index contributed by atoms with van der Waals surface area (Å²) >= 11 is 0. The number of ether oxygens (including phenoxy) is 1. The number of esters is 1. The minimum Gasteiger partial charge on any atom is -0.462 e. The first kappa shape index (κ1) is 15.7. The van der Waals surface area contributed by atoms with Gasteiger partial charge in [-0.15, -0.1) is 0 Å². The highest BCUT2D eigenvalue weighted by atomic mass is 16.5. The number of hydrogen-bond acceptors (Lipinski definition) is 2. The molecule has 0 aliphatic rings. The van der Waals surface area contributed by atoms with Crippen molar-refractivity contribution >= 4 is 5.97 Å². The lowest BCUT2D eigenvalue weighted by molar-refractivity contribution is -0.140. The maximum atomic E-state index is 11.8. The summed E-state index contributed by atoms with van der Waals surface area (Å²) in [4.78, 5) is 11.8. The third-order valence-electron chi connectivity index (χ3n) is 2.74. The molecule has 17 heavy (non-hydrogen) atoms. The number of carbonyl (C=O) groups excluding carboxylic acids is 1. The summed E-state index contributed by atoms with van der Waals surface area (Å²) in [6.07, 6.45) is 7.51.